The summed E-state index contributed by atoms with van der Waals surface area (Å²) in [6.07, 6.45) is 0.890. The Morgan fingerprint density at radius 2 is 1.93 bits per heavy atom. The number of ether oxygens (including phenoxy) is 3. The maximum atomic E-state index is 13.5. The number of benzene rings is 1. The van der Waals surface area contributed by atoms with Crippen molar-refractivity contribution in [2.75, 3.05) is 20.0 Å². The highest BCUT2D eigenvalue weighted by Gasteiger charge is 2.47. The van der Waals surface area contributed by atoms with Crippen molar-refractivity contribution in [3.63, 3.8) is 0 Å². The molecule has 0 N–H and O–H groups in total. The van der Waals surface area contributed by atoms with Gasteiger partial charge in [-0.15, -0.1) is 0 Å². The van der Waals surface area contributed by atoms with Gasteiger partial charge in [-0.2, -0.15) is 11.8 Å². The third kappa shape index (κ3) is 3.98. The first kappa shape index (κ1) is 21.6. The molecular weight excluding hydrogens is 392 g/mol. The van der Waals surface area contributed by atoms with Crippen LogP contribution in [-0.2, 0) is 14.3 Å². The topological polar surface area (TPSA) is 78.9 Å². The number of rotatable bonds is 7. The van der Waals surface area contributed by atoms with E-state index in [1.165, 1.54) is 14.2 Å². The normalized spacial score (nSPS) is 23.5. The molecule has 156 valence electrons. The Balaban J connectivity index is 2.09. The minimum atomic E-state index is -0.600. The number of Topliss-reactive ketones (excluding diaryl/α,β-unsaturated/α-hetero) is 2. The van der Waals surface area contributed by atoms with Gasteiger partial charge in [-0.05, 0) is 25.2 Å². The number of thioether (sulfide) groups is 1. The third-order valence-electron chi connectivity index (χ3n) is 5.30. The van der Waals surface area contributed by atoms with E-state index in [1.807, 2.05) is 0 Å². The molecule has 3 rings (SSSR count). The second kappa shape index (κ2) is 9.13. The first-order chi connectivity index (χ1) is 13.9. The second-order valence-corrected chi connectivity index (χ2v) is 8.36. The molecule has 3 atom stereocenters. The van der Waals surface area contributed by atoms with Crippen LogP contribution in [-0.4, -0.2) is 55.0 Å². The van der Waals surface area contributed by atoms with Crippen LogP contribution in [0.3, 0.4) is 0 Å². The molecule has 0 radical (unpaired) electrons. The van der Waals surface area contributed by atoms with Gasteiger partial charge in [0.15, 0.2) is 11.6 Å². The molecule has 7 heteroatoms. The summed E-state index contributed by atoms with van der Waals surface area (Å²) in [6.45, 7) is 3.84. The van der Waals surface area contributed by atoms with Crippen molar-refractivity contribution in [2.45, 2.75) is 50.6 Å². The summed E-state index contributed by atoms with van der Waals surface area (Å²) < 4.78 is 16.2. The van der Waals surface area contributed by atoms with Gasteiger partial charge in [0.05, 0.1) is 43.7 Å². The van der Waals surface area contributed by atoms with Gasteiger partial charge in [0.2, 0.25) is 0 Å². The number of carbonyl (C=O) groups is 3. The molecule has 0 bridgehead atoms. The van der Waals surface area contributed by atoms with Crippen molar-refractivity contribution in [2.24, 2.45) is 0 Å². The number of hydrogen-bond acceptors (Lipinski definition) is 7. The van der Waals surface area contributed by atoms with Crippen LogP contribution >= 0.6 is 11.8 Å². The Morgan fingerprint density at radius 3 is 2.59 bits per heavy atom. The molecule has 0 saturated carbocycles. The second-order valence-electron chi connectivity index (χ2n) is 7.11. The minimum Gasteiger partial charge on any atom is -0.496 e. The molecule has 1 aliphatic heterocycles. The minimum absolute atomic E-state index is 0.0356. The van der Waals surface area contributed by atoms with Crippen LogP contribution in [0.15, 0.2) is 29.3 Å². The molecule has 1 aliphatic carbocycles. The van der Waals surface area contributed by atoms with Gasteiger partial charge >= 0.3 is 5.97 Å². The number of methoxy groups -OCH3 is 2. The molecule has 1 heterocycles. The van der Waals surface area contributed by atoms with Gasteiger partial charge in [0.25, 0.3) is 0 Å². The van der Waals surface area contributed by atoms with Crippen molar-refractivity contribution in [1.29, 1.82) is 0 Å². The van der Waals surface area contributed by atoms with Crippen molar-refractivity contribution in [1.82, 2.24) is 0 Å². The summed E-state index contributed by atoms with van der Waals surface area (Å²) >= 11 is 1.57. The molecule has 1 aromatic rings. The molecule has 6 nitrogen and oxygen atoms in total. The fraction of sp³-hybridized carbons (Fsp3) is 0.500. The van der Waals surface area contributed by atoms with Gasteiger partial charge in [-0.25, -0.2) is 0 Å². The summed E-state index contributed by atoms with van der Waals surface area (Å²) in [5, 5.41) is -0.400. The van der Waals surface area contributed by atoms with Crippen molar-refractivity contribution in [3.05, 3.63) is 40.5 Å². The van der Waals surface area contributed by atoms with Gasteiger partial charge in [-0.3, -0.25) is 14.4 Å². The maximum Gasteiger partial charge on any atom is 0.308 e. The smallest absolute Gasteiger partial charge is 0.308 e. The van der Waals surface area contributed by atoms with Crippen molar-refractivity contribution in [3.8, 4) is 5.75 Å². The zero-order chi connectivity index (χ0) is 21.1. The van der Waals surface area contributed by atoms with E-state index in [1.54, 1.807) is 36.9 Å². The molecule has 1 aromatic carbocycles. The van der Waals surface area contributed by atoms with E-state index in [9.17, 15) is 14.4 Å². The highest BCUT2D eigenvalue weighted by molar-refractivity contribution is 8.00. The lowest BCUT2D eigenvalue weighted by molar-refractivity contribution is -0.144. The van der Waals surface area contributed by atoms with E-state index in [0.29, 0.717) is 22.5 Å². The lowest BCUT2D eigenvalue weighted by Crippen LogP contribution is -2.46. The molecule has 29 heavy (non-hydrogen) atoms. The van der Waals surface area contributed by atoms with Crippen LogP contribution in [0.4, 0.5) is 0 Å². The van der Waals surface area contributed by atoms with E-state index < -0.39 is 23.4 Å². The Hall–Kier alpha value is -2.12. The molecule has 0 saturated heterocycles. The summed E-state index contributed by atoms with van der Waals surface area (Å²) in [4.78, 5) is 38.8. The van der Waals surface area contributed by atoms with Crippen LogP contribution in [0.2, 0.25) is 0 Å². The predicted octanol–water partition coefficient (Wildman–Crippen LogP) is 3.62. The fourth-order valence-corrected chi connectivity index (χ4v) is 5.36. The molecular formula is C22H26O6S. The monoisotopic (exact) mass is 418 g/mol. The van der Waals surface area contributed by atoms with Crippen LogP contribution < -0.4 is 4.74 Å². The lowest BCUT2D eigenvalue weighted by atomic mass is 9.77. The first-order valence-corrected chi connectivity index (χ1v) is 10.8. The summed E-state index contributed by atoms with van der Waals surface area (Å²) in [5.74, 6) is 0.361. The lowest BCUT2D eigenvalue weighted by Gasteiger charge is -2.39. The Bertz CT molecular complexity index is 859. The molecule has 2 aliphatic rings. The quantitative estimate of drug-likeness (QED) is 0.494. The van der Waals surface area contributed by atoms with E-state index in [2.05, 4.69) is 6.92 Å². The number of ketones is 2. The average molecular weight is 419 g/mol. The van der Waals surface area contributed by atoms with Crippen LogP contribution in [0.1, 0.15) is 53.8 Å². The highest BCUT2D eigenvalue weighted by Crippen LogP contribution is 2.43. The Kier molecular flexibility index (Phi) is 6.80. The van der Waals surface area contributed by atoms with Crippen LogP contribution in [0.5, 0.6) is 5.75 Å². The summed E-state index contributed by atoms with van der Waals surface area (Å²) in [6, 6.07) is 5.05. The van der Waals surface area contributed by atoms with Gasteiger partial charge < -0.3 is 14.2 Å². The van der Waals surface area contributed by atoms with Crippen LogP contribution in [0, 0.1) is 0 Å². The maximum absolute atomic E-state index is 13.5. The van der Waals surface area contributed by atoms with Gasteiger partial charge in [0.1, 0.15) is 5.75 Å². The van der Waals surface area contributed by atoms with Gasteiger partial charge in [0, 0.05) is 16.7 Å². The van der Waals surface area contributed by atoms with Crippen molar-refractivity contribution < 1.29 is 28.6 Å². The van der Waals surface area contributed by atoms with Gasteiger partial charge in [-0.1, -0.05) is 25.5 Å². The number of hydrogen-bond donors (Lipinski definition) is 0. The van der Waals surface area contributed by atoms with Crippen molar-refractivity contribution >= 4 is 29.3 Å². The zero-order valence-electron chi connectivity index (χ0n) is 17.2. The molecule has 0 unspecified atom stereocenters. The van der Waals surface area contributed by atoms with Crippen LogP contribution in [0.25, 0.3) is 0 Å². The SMILES string of the molecule is CCCCS[C@@H]1C2=C(C(=O)c3c(OC)cccc3C2=O)[C@H](C)O[C@@H]1CC(=O)OC. The van der Waals surface area contributed by atoms with E-state index in [4.69, 9.17) is 14.2 Å². The number of esters is 1. The van der Waals surface area contributed by atoms with E-state index >= 15 is 0 Å². The molecule has 0 amide bonds. The number of unbranched alkanes of at least 4 members (excludes halogenated alkanes) is 1. The summed E-state index contributed by atoms with van der Waals surface area (Å²) in [7, 11) is 2.81. The Morgan fingerprint density at radius 1 is 1.17 bits per heavy atom. The number of fused-ring (bicyclic) bond motifs is 1. The zero-order valence-corrected chi connectivity index (χ0v) is 18.0. The standard InChI is InChI=1S/C22H26O6S/c1-5-6-10-29-22-15(11-16(23)27-4)28-12(2)17-19(22)20(24)13-8-7-9-14(26-3)18(13)21(17)25/h7-9,12,15,22H,5-6,10-11H2,1-4H3/t12-,15+,22-/m0/s1. The third-order valence-corrected chi connectivity index (χ3v) is 6.72. The van der Waals surface area contributed by atoms with E-state index in [-0.39, 0.29) is 23.6 Å². The fourth-order valence-electron chi connectivity index (χ4n) is 3.87. The predicted molar refractivity (Wildman–Crippen MR) is 111 cm³/mol. The first-order valence-electron chi connectivity index (χ1n) is 9.78. The number of carbonyl (C=O) groups excluding carboxylic acids is 3. The Labute approximate surface area is 175 Å². The summed E-state index contributed by atoms with van der Waals surface area (Å²) in [5.41, 5.74) is 1.48. The molecule has 0 fully saturated rings. The largest absolute Gasteiger partial charge is 0.496 e. The highest BCUT2D eigenvalue weighted by atomic mass is 32.2. The van der Waals surface area contributed by atoms with E-state index in [0.717, 1.165) is 18.6 Å². The average Bonchev–Trinajstić information content (AvgIpc) is 2.72. The molecule has 0 spiro atoms. The molecule has 0 aromatic heterocycles.